The summed E-state index contributed by atoms with van der Waals surface area (Å²) in [4.78, 5) is 9.01. The topological polar surface area (TPSA) is 100 Å². The van der Waals surface area contributed by atoms with Crippen molar-refractivity contribution in [2.75, 3.05) is 24.3 Å². The predicted molar refractivity (Wildman–Crippen MR) is 100 cm³/mol. The number of pyridine rings is 1. The Balaban J connectivity index is 2.25. The molecule has 0 bridgehead atoms. The first kappa shape index (κ1) is 19.7. The molecule has 0 fully saturated rings. The van der Waals surface area contributed by atoms with Crippen LogP contribution in [0.5, 0.6) is 0 Å². The SMILES string of the molecule is CCOCc1nc2c(N)nc(C)c(C)c2n1CCCCCS(C)(=O)=O. The molecule has 0 aliphatic rings. The monoisotopic (exact) mass is 368 g/mol. The molecule has 2 heterocycles. The number of hydrogen-bond acceptors (Lipinski definition) is 6. The van der Waals surface area contributed by atoms with Crippen LogP contribution in [-0.4, -0.2) is 41.6 Å². The first-order valence-corrected chi connectivity index (χ1v) is 10.7. The van der Waals surface area contributed by atoms with Crippen LogP contribution in [0.1, 0.15) is 43.3 Å². The van der Waals surface area contributed by atoms with Gasteiger partial charge in [0.25, 0.3) is 0 Å². The van der Waals surface area contributed by atoms with Gasteiger partial charge in [0, 0.05) is 30.9 Å². The van der Waals surface area contributed by atoms with Gasteiger partial charge in [0.1, 0.15) is 27.8 Å². The quantitative estimate of drug-likeness (QED) is 0.682. The number of ether oxygens (including phenoxy) is 1. The van der Waals surface area contributed by atoms with E-state index in [1.54, 1.807) is 0 Å². The van der Waals surface area contributed by atoms with Gasteiger partial charge in [0.2, 0.25) is 0 Å². The van der Waals surface area contributed by atoms with Gasteiger partial charge in [-0.3, -0.25) is 0 Å². The Morgan fingerprint density at radius 2 is 1.88 bits per heavy atom. The van der Waals surface area contributed by atoms with Crippen molar-refractivity contribution in [3.05, 3.63) is 17.1 Å². The Hall–Kier alpha value is -1.67. The third-order valence-corrected chi connectivity index (χ3v) is 5.34. The van der Waals surface area contributed by atoms with Gasteiger partial charge in [-0.15, -0.1) is 0 Å². The van der Waals surface area contributed by atoms with Crippen molar-refractivity contribution >= 4 is 26.7 Å². The lowest BCUT2D eigenvalue weighted by atomic mass is 10.2. The average Bonchev–Trinajstić information content (AvgIpc) is 2.88. The first-order valence-electron chi connectivity index (χ1n) is 8.61. The maximum atomic E-state index is 11.2. The fourth-order valence-corrected chi connectivity index (χ4v) is 3.63. The molecule has 2 rings (SSSR count). The third kappa shape index (κ3) is 4.92. The number of anilines is 1. The summed E-state index contributed by atoms with van der Waals surface area (Å²) >= 11 is 0. The molecular formula is C17H28N4O3S. The molecule has 0 radical (unpaired) electrons. The lowest BCUT2D eigenvalue weighted by molar-refractivity contribution is 0.126. The zero-order valence-corrected chi connectivity index (χ0v) is 16.3. The largest absolute Gasteiger partial charge is 0.382 e. The van der Waals surface area contributed by atoms with E-state index in [0.29, 0.717) is 31.0 Å². The number of nitrogens with two attached hydrogens (primary N) is 1. The van der Waals surface area contributed by atoms with Crippen LogP contribution >= 0.6 is 0 Å². The summed E-state index contributed by atoms with van der Waals surface area (Å²) in [6.07, 6.45) is 3.67. The van der Waals surface area contributed by atoms with Gasteiger partial charge in [0.05, 0.1) is 5.52 Å². The molecule has 0 spiro atoms. The molecular weight excluding hydrogens is 340 g/mol. The third-order valence-electron chi connectivity index (χ3n) is 4.31. The van der Waals surface area contributed by atoms with Gasteiger partial charge >= 0.3 is 0 Å². The number of fused-ring (bicyclic) bond motifs is 1. The highest BCUT2D eigenvalue weighted by Crippen LogP contribution is 2.26. The highest BCUT2D eigenvalue weighted by atomic mass is 32.2. The van der Waals surface area contributed by atoms with Gasteiger partial charge < -0.3 is 15.0 Å². The van der Waals surface area contributed by atoms with Crippen LogP contribution in [0, 0.1) is 13.8 Å². The molecule has 0 saturated carbocycles. The Morgan fingerprint density at radius 1 is 1.16 bits per heavy atom. The summed E-state index contributed by atoms with van der Waals surface area (Å²) in [5.41, 5.74) is 9.75. The van der Waals surface area contributed by atoms with E-state index in [1.807, 2.05) is 20.8 Å². The van der Waals surface area contributed by atoms with Crippen molar-refractivity contribution in [1.82, 2.24) is 14.5 Å². The van der Waals surface area contributed by atoms with E-state index in [1.165, 1.54) is 6.26 Å². The van der Waals surface area contributed by atoms with E-state index in [2.05, 4.69) is 14.5 Å². The highest BCUT2D eigenvalue weighted by Gasteiger charge is 2.17. The number of aromatic nitrogens is 3. The summed E-state index contributed by atoms with van der Waals surface area (Å²) in [7, 11) is -2.90. The van der Waals surface area contributed by atoms with Gasteiger partial charge in [0.15, 0.2) is 5.82 Å². The van der Waals surface area contributed by atoms with Gasteiger partial charge in [-0.2, -0.15) is 0 Å². The minimum absolute atomic E-state index is 0.235. The van der Waals surface area contributed by atoms with Crippen LogP contribution in [0.25, 0.3) is 11.0 Å². The smallest absolute Gasteiger partial charge is 0.151 e. The zero-order chi connectivity index (χ0) is 18.6. The van der Waals surface area contributed by atoms with Gasteiger partial charge in [-0.05, 0) is 39.2 Å². The molecule has 0 unspecified atom stereocenters. The van der Waals surface area contributed by atoms with Crippen LogP contribution in [-0.2, 0) is 27.7 Å². The lowest BCUT2D eigenvalue weighted by Crippen LogP contribution is -2.08. The number of nitrogen functional groups attached to an aromatic ring is 1. The standard InChI is InChI=1S/C17H28N4O3S/c1-5-24-11-14-20-15-16(12(2)13(3)19-17(15)18)21(14)9-7-6-8-10-25(4,22)23/h5-11H2,1-4H3,(H2,18,19). The predicted octanol–water partition coefficient (Wildman–Crippen LogP) is 2.38. The number of unbranched alkanes of at least 4 members (excludes halogenated alkanes) is 2. The van der Waals surface area contributed by atoms with Crippen molar-refractivity contribution in [3.63, 3.8) is 0 Å². The van der Waals surface area contributed by atoms with Crippen molar-refractivity contribution in [1.29, 1.82) is 0 Å². The number of sulfone groups is 1. The summed E-state index contributed by atoms with van der Waals surface area (Å²) in [5, 5.41) is 0. The molecule has 0 atom stereocenters. The van der Waals surface area contributed by atoms with Crippen molar-refractivity contribution in [3.8, 4) is 0 Å². The van der Waals surface area contributed by atoms with Crippen molar-refractivity contribution < 1.29 is 13.2 Å². The van der Waals surface area contributed by atoms with Crippen LogP contribution in [0.3, 0.4) is 0 Å². The molecule has 7 nitrogen and oxygen atoms in total. The number of nitrogens with zero attached hydrogens (tertiary/aromatic N) is 3. The normalized spacial score (nSPS) is 12.2. The number of rotatable bonds is 9. The average molecular weight is 369 g/mol. The summed E-state index contributed by atoms with van der Waals surface area (Å²) in [6, 6.07) is 0. The summed E-state index contributed by atoms with van der Waals surface area (Å²) < 4.78 is 30.2. The Labute approximate surface area is 149 Å². The van der Waals surface area contributed by atoms with Gasteiger partial charge in [-0.25, -0.2) is 18.4 Å². The fraction of sp³-hybridized carbons (Fsp3) is 0.647. The molecule has 0 aromatic carbocycles. The number of aryl methyl sites for hydroxylation is 3. The molecule has 0 aliphatic heterocycles. The first-order chi connectivity index (χ1) is 11.7. The Bertz CT molecular complexity index is 843. The molecule has 8 heteroatoms. The second kappa shape index (κ2) is 8.14. The molecule has 2 N–H and O–H groups in total. The molecule has 0 amide bonds. The molecule has 2 aromatic heterocycles. The van der Waals surface area contributed by atoms with Crippen molar-refractivity contribution in [2.45, 2.75) is 53.2 Å². The fourth-order valence-electron chi connectivity index (χ4n) is 2.90. The van der Waals surface area contributed by atoms with E-state index >= 15 is 0 Å². The van der Waals surface area contributed by atoms with E-state index < -0.39 is 9.84 Å². The summed E-state index contributed by atoms with van der Waals surface area (Å²) in [5.74, 6) is 1.51. The second-order valence-electron chi connectivity index (χ2n) is 6.41. The van der Waals surface area contributed by atoms with Gasteiger partial charge in [-0.1, -0.05) is 6.42 Å². The minimum atomic E-state index is -2.90. The molecule has 0 saturated heterocycles. The van der Waals surface area contributed by atoms with Crippen molar-refractivity contribution in [2.24, 2.45) is 0 Å². The van der Waals surface area contributed by atoms with E-state index in [4.69, 9.17) is 10.5 Å². The maximum absolute atomic E-state index is 11.2. The van der Waals surface area contributed by atoms with Crippen LogP contribution < -0.4 is 5.73 Å². The second-order valence-corrected chi connectivity index (χ2v) is 8.67. The minimum Gasteiger partial charge on any atom is -0.382 e. The Morgan fingerprint density at radius 3 is 2.52 bits per heavy atom. The summed E-state index contributed by atoms with van der Waals surface area (Å²) in [6.45, 7) is 7.71. The van der Waals surface area contributed by atoms with Crippen LogP contribution in [0.2, 0.25) is 0 Å². The lowest BCUT2D eigenvalue weighted by Gasteiger charge is -2.12. The number of imidazole rings is 1. The van der Waals surface area contributed by atoms with Crippen LogP contribution in [0.4, 0.5) is 5.82 Å². The molecule has 140 valence electrons. The van der Waals surface area contributed by atoms with Crippen LogP contribution in [0.15, 0.2) is 0 Å². The Kier molecular flexibility index (Phi) is 6.40. The molecule has 25 heavy (non-hydrogen) atoms. The van der Waals surface area contributed by atoms with E-state index in [0.717, 1.165) is 42.0 Å². The molecule has 2 aromatic rings. The number of hydrogen-bond donors (Lipinski definition) is 1. The highest BCUT2D eigenvalue weighted by molar-refractivity contribution is 7.90. The zero-order valence-electron chi connectivity index (χ0n) is 15.5. The van der Waals surface area contributed by atoms with E-state index in [9.17, 15) is 8.42 Å². The maximum Gasteiger partial charge on any atom is 0.151 e. The van der Waals surface area contributed by atoms with E-state index in [-0.39, 0.29) is 5.75 Å². The molecule has 0 aliphatic carbocycles.